The highest BCUT2D eigenvalue weighted by Gasteiger charge is 2.55. The minimum atomic E-state index is 0.244. The molecule has 0 bridgehead atoms. The molecule has 6 aliphatic carbocycles. The minimum absolute atomic E-state index is 0.244. The molecule has 63 heavy (non-hydrogen) atoms. The maximum absolute atomic E-state index is 6.77. The van der Waals surface area contributed by atoms with E-state index < -0.39 is 0 Å². The van der Waals surface area contributed by atoms with E-state index in [0.29, 0.717) is 22.7 Å². The number of allylic oxidation sites excluding steroid dienone is 4. The summed E-state index contributed by atoms with van der Waals surface area (Å²) in [5, 5.41) is 0. The Hall–Kier alpha value is -1.08. The zero-order valence-electron chi connectivity index (χ0n) is 42.8. The first-order chi connectivity index (χ1) is 31.0. The summed E-state index contributed by atoms with van der Waals surface area (Å²) in [5.41, 5.74) is 1.42. The smallest absolute Gasteiger partial charge is 0.0563 e. The summed E-state index contributed by atoms with van der Waals surface area (Å²) < 4.78 is 6.77. The standard InChI is InChI=1S/C62H106O/c1-5-9-13-15-21-41-59(61(43-23-17-24-44-61)57-33-29-53(30-34-57)27-19-11-7-3)47-37-55(38-48-59)51-63-52-56-39-49-60(50-40-56,42-22-16-14-10-6-2)62(45-25-18-26-46-62)58-35-31-54(32-36-58)28-20-12-8-4/h37-40,47-50,53-58H,5-36,41-46,51-52H2,1-4H3/t53-,54-,55-,56-,57-,58-,59-,60-. The Kier molecular flexibility index (Phi) is 22.0. The number of hydrogen-bond donors (Lipinski definition) is 0. The fourth-order valence-corrected chi connectivity index (χ4v) is 15.8. The Morgan fingerprint density at radius 1 is 0.381 bits per heavy atom. The van der Waals surface area contributed by atoms with Gasteiger partial charge in [-0.05, 0) is 98.7 Å². The van der Waals surface area contributed by atoms with Crippen LogP contribution in [0.25, 0.3) is 0 Å². The van der Waals surface area contributed by atoms with Crippen LogP contribution >= 0.6 is 0 Å². The van der Waals surface area contributed by atoms with Gasteiger partial charge in [-0.25, -0.2) is 0 Å². The maximum atomic E-state index is 6.77. The van der Waals surface area contributed by atoms with Crippen molar-refractivity contribution in [1.82, 2.24) is 0 Å². The van der Waals surface area contributed by atoms with Crippen molar-refractivity contribution in [2.24, 2.45) is 57.2 Å². The first kappa shape index (κ1) is 51.3. The summed E-state index contributed by atoms with van der Waals surface area (Å²) in [6.07, 6.45) is 76.5. The van der Waals surface area contributed by atoms with Crippen LogP contribution in [0.5, 0.6) is 0 Å². The monoisotopic (exact) mass is 867 g/mol. The lowest BCUT2D eigenvalue weighted by Crippen LogP contribution is -2.48. The summed E-state index contributed by atoms with van der Waals surface area (Å²) in [7, 11) is 0. The van der Waals surface area contributed by atoms with Crippen molar-refractivity contribution in [3.05, 3.63) is 48.6 Å². The number of ether oxygens (including phenoxy) is 1. The van der Waals surface area contributed by atoms with E-state index in [2.05, 4.69) is 76.3 Å². The molecule has 0 N–H and O–H groups in total. The van der Waals surface area contributed by atoms with Crippen molar-refractivity contribution in [3.8, 4) is 0 Å². The molecule has 0 aromatic carbocycles. The second-order valence-corrected chi connectivity index (χ2v) is 23.6. The van der Waals surface area contributed by atoms with Gasteiger partial charge in [-0.1, -0.05) is 256 Å². The topological polar surface area (TPSA) is 9.23 Å². The average molecular weight is 868 g/mol. The van der Waals surface area contributed by atoms with Gasteiger partial charge in [-0.2, -0.15) is 0 Å². The van der Waals surface area contributed by atoms with Gasteiger partial charge in [0.05, 0.1) is 13.2 Å². The normalized spacial score (nSPS) is 32.9. The predicted octanol–water partition coefficient (Wildman–Crippen LogP) is 19.9. The first-order valence-corrected chi connectivity index (χ1v) is 29.3. The molecule has 0 atom stereocenters. The lowest BCUT2D eigenvalue weighted by Gasteiger charge is -2.57. The molecule has 0 radical (unpaired) electrons. The number of unbranched alkanes of at least 4 members (excludes halogenated alkanes) is 12. The second kappa shape index (κ2) is 27.1. The largest absolute Gasteiger partial charge is 0.380 e. The van der Waals surface area contributed by atoms with Crippen LogP contribution < -0.4 is 0 Å². The van der Waals surface area contributed by atoms with Crippen molar-refractivity contribution in [1.29, 1.82) is 0 Å². The van der Waals surface area contributed by atoms with Crippen molar-refractivity contribution in [2.45, 2.75) is 272 Å². The van der Waals surface area contributed by atoms with Gasteiger partial charge in [-0.3, -0.25) is 0 Å². The lowest BCUT2D eigenvalue weighted by molar-refractivity contribution is -0.0295. The molecular weight excluding hydrogens is 761 g/mol. The molecule has 4 fully saturated rings. The minimum Gasteiger partial charge on any atom is -0.380 e. The second-order valence-electron chi connectivity index (χ2n) is 23.6. The molecule has 6 rings (SSSR count). The highest BCUT2D eigenvalue weighted by atomic mass is 16.5. The van der Waals surface area contributed by atoms with E-state index in [1.807, 2.05) is 0 Å². The van der Waals surface area contributed by atoms with E-state index in [9.17, 15) is 0 Å². The predicted molar refractivity (Wildman–Crippen MR) is 276 cm³/mol. The molecule has 0 heterocycles. The summed E-state index contributed by atoms with van der Waals surface area (Å²) >= 11 is 0. The lowest BCUT2D eigenvalue weighted by atomic mass is 9.47. The van der Waals surface area contributed by atoms with E-state index in [-0.39, 0.29) is 10.8 Å². The molecule has 360 valence electrons. The van der Waals surface area contributed by atoms with Crippen LogP contribution in [0.4, 0.5) is 0 Å². The van der Waals surface area contributed by atoms with Crippen molar-refractivity contribution in [3.63, 3.8) is 0 Å². The van der Waals surface area contributed by atoms with Gasteiger partial charge < -0.3 is 4.74 Å². The molecule has 0 spiro atoms. The molecule has 0 aliphatic heterocycles. The Bertz CT molecular complexity index is 1200. The van der Waals surface area contributed by atoms with Crippen LogP contribution in [0.15, 0.2) is 48.6 Å². The third-order valence-electron chi connectivity index (χ3n) is 19.6. The van der Waals surface area contributed by atoms with Gasteiger partial charge in [0.2, 0.25) is 0 Å². The fraction of sp³-hybridized carbons (Fsp3) is 0.871. The van der Waals surface area contributed by atoms with Crippen molar-refractivity contribution in [2.75, 3.05) is 13.2 Å². The molecule has 0 unspecified atom stereocenters. The number of rotatable bonds is 28. The molecule has 0 amide bonds. The van der Waals surface area contributed by atoms with Crippen LogP contribution in [0.3, 0.4) is 0 Å². The van der Waals surface area contributed by atoms with Gasteiger partial charge in [0.1, 0.15) is 0 Å². The zero-order chi connectivity index (χ0) is 44.1. The summed E-state index contributed by atoms with van der Waals surface area (Å²) in [6.45, 7) is 11.1. The van der Waals surface area contributed by atoms with Crippen LogP contribution in [0, 0.1) is 57.2 Å². The van der Waals surface area contributed by atoms with Gasteiger partial charge in [0, 0.05) is 22.7 Å². The Labute approximate surface area is 393 Å². The third-order valence-corrected chi connectivity index (χ3v) is 19.6. The molecule has 6 aliphatic rings. The number of hydrogen-bond acceptors (Lipinski definition) is 1. The summed E-state index contributed by atoms with van der Waals surface area (Å²) in [6, 6.07) is 0. The van der Waals surface area contributed by atoms with Crippen LogP contribution in [-0.2, 0) is 4.74 Å². The molecule has 4 saturated carbocycles. The van der Waals surface area contributed by atoms with Gasteiger partial charge >= 0.3 is 0 Å². The van der Waals surface area contributed by atoms with E-state index in [4.69, 9.17) is 4.74 Å². The molecule has 0 saturated heterocycles. The van der Waals surface area contributed by atoms with Crippen LogP contribution in [0.1, 0.15) is 272 Å². The Morgan fingerprint density at radius 2 is 0.714 bits per heavy atom. The zero-order valence-corrected chi connectivity index (χ0v) is 42.8. The van der Waals surface area contributed by atoms with Crippen molar-refractivity contribution < 1.29 is 4.74 Å². The maximum Gasteiger partial charge on any atom is 0.0563 e. The molecule has 0 aromatic rings. The van der Waals surface area contributed by atoms with Gasteiger partial charge in [-0.15, -0.1) is 0 Å². The van der Waals surface area contributed by atoms with E-state index in [1.54, 1.807) is 0 Å². The fourth-order valence-electron chi connectivity index (χ4n) is 15.8. The van der Waals surface area contributed by atoms with E-state index in [0.717, 1.165) is 36.9 Å². The third kappa shape index (κ3) is 13.6. The highest BCUT2D eigenvalue weighted by molar-refractivity contribution is 5.28. The molecule has 1 heteroatoms. The Morgan fingerprint density at radius 3 is 1.06 bits per heavy atom. The molecule has 0 aromatic heterocycles. The quantitative estimate of drug-likeness (QED) is 0.0562. The SMILES string of the molecule is CCCCCCC[C@]1(C2([C@H]3CC[C@H](CCCCC)CC3)CCCCC2)C=C[C@H](COC[C@H]2C=C[C@](CCCCCCC)(C3([C@H]4CC[C@H](CCCCC)CC4)CCCCC3)C=C2)C=C1. The molecule has 1 nitrogen and oxygen atoms in total. The van der Waals surface area contributed by atoms with E-state index in [1.165, 1.54) is 244 Å². The van der Waals surface area contributed by atoms with Crippen LogP contribution in [0.2, 0.25) is 0 Å². The Balaban J connectivity index is 1.10. The highest BCUT2D eigenvalue weighted by Crippen LogP contribution is 2.64. The van der Waals surface area contributed by atoms with Gasteiger partial charge in [0.15, 0.2) is 0 Å². The van der Waals surface area contributed by atoms with E-state index >= 15 is 0 Å². The van der Waals surface area contributed by atoms with Crippen molar-refractivity contribution >= 4 is 0 Å². The van der Waals surface area contributed by atoms with Crippen LogP contribution in [-0.4, -0.2) is 13.2 Å². The summed E-state index contributed by atoms with van der Waals surface area (Å²) in [5.74, 6) is 4.63. The first-order valence-electron chi connectivity index (χ1n) is 29.3. The average Bonchev–Trinajstić information content (AvgIpc) is 3.33. The molecular formula is C62H106O. The summed E-state index contributed by atoms with van der Waals surface area (Å²) in [4.78, 5) is 0. The van der Waals surface area contributed by atoms with Gasteiger partial charge in [0.25, 0.3) is 0 Å².